The molecule has 3 rings (SSSR count). The number of nitrogens with two attached hydrogens (primary N) is 1. The minimum atomic E-state index is -3.38. The first-order chi connectivity index (χ1) is 12.1. The van der Waals surface area contributed by atoms with Gasteiger partial charge in [0, 0.05) is 23.9 Å². The third kappa shape index (κ3) is 3.64. The van der Waals surface area contributed by atoms with Gasteiger partial charge in [-0.25, -0.2) is 23.1 Å². The van der Waals surface area contributed by atoms with Crippen molar-refractivity contribution in [1.82, 2.24) is 19.3 Å². The molecule has 2 aromatic heterocycles. The Morgan fingerprint density at radius 3 is 2.62 bits per heavy atom. The van der Waals surface area contributed by atoms with Gasteiger partial charge >= 0.3 is 0 Å². The molecule has 0 aliphatic heterocycles. The summed E-state index contributed by atoms with van der Waals surface area (Å²) in [7, 11) is -3.38. The van der Waals surface area contributed by atoms with Crippen molar-refractivity contribution in [2.75, 3.05) is 18.6 Å². The highest BCUT2D eigenvalue weighted by Crippen LogP contribution is 2.30. The summed E-state index contributed by atoms with van der Waals surface area (Å²) in [5.74, 6) is 0.946. The maximum atomic E-state index is 11.7. The van der Waals surface area contributed by atoms with Crippen LogP contribution >= 0.6 is 0 Å². The Balaban J connectivity index is 2.26. The topological polar surface area (TPSA) is 123 Å². The Hall–Kier alpha value is -2.23. The summed E-state index contributed by atoms with van der Waals surface area (Å²) in [6.07, 6.45) is 1.46. The number of sulfonamides is 1. The van der Waals surface area contributed by atoms with Gasteiger partial charge in [-0.05, 0) is 19.9 Å². The number of pyridine rings is 1. The highest BCUT2D eigenvalue weighted by atomic mass is 32.2. The van der Waals surface area contributed by atoms with E-state index in [1.54, 1.807) is 13.8 Å². The molecule has 0 fully saturated rings. The number of hydrogen-bond donors (Lipinski definition) is 3. The van der Waals surface area contributed by atoms with E-state index >= 15 is 0 Å². The van der Waals surface area contributed by atoms with E-state index in [0.29, 0.717) is 30.1 Å². The maximum absolute atomic E-state index is 11.7. The Morgan fingerprint density at radius 1 is 1.27 bits per heavy atom. The number of nitrogen functional groups attached to an aromatic ring is 1. The van der Waals surface area contributed by atoms with Gasteiger partial charge in [-0.3, -0.25) is 0 Å². The zero-order valence-electron chi connectivity index (χ0n) is 15.0. The normalized spacial score (nSPS) is 12.9. The first-order valence-corrected chi connectivity index (χ1v) is 10.1. The molecule has 0 aliphatic rings. The van der Waals surface area contributed by atoms with Gasteiger partial charge in [0.05, 0.1) is 23.9 Å². The van der Waals surface area contributed by atoms with Crippen LogP contribution in [0.2, 0.25) is 0 Å². The van der Waals surface area contributed by atoms with Crippen molar-refractivity contribution in [2.45, 2.75) is 32.4 Å². The smallest absolute Gasteiger partial charge is 0.209 e. The number of nitrogens with one attached hydrogen (secondary N) is 1. The van der Waals surface area contributed by atoms with Gasteiger partial charge in [0.2, 0.25) is 10.0 Å². The monoisotopic (exact) mass is 377 g/mol. The second-order valence-electron chi connectivity index (χ2n) is 7.06. The van der Waals surface area contributed by atoms with Gasteiger partial charge in [-0.15, -0.1) is 0 Å². The predicted octanol–water partition coefficient (Wildman–Crippen LogP) is 1.03. The molecule has 9 heteroatoms. The fourth-order valence-electron chi connectivity index (χ4n) is 3.30. The zero-order valence-corrected chi connectivity index (χ0v) is 15.8. The molecule has 2 heterocycles. The Bertz CT molecular complexity index is 1070. The largest absolute Gasteiger partial charge is 0.396 e. The van der Waals surface area contributed by atoms with Crippen molar-refractivity contribution in [2.24, 2.45) is 0 Å². The second kappa shape index (κ2) is 6.49. The van der Waals surface area contributed by atoms with E-state index in [4.69, 9.17) is 5.73 Å². The summed E-state index contributed by atoms with van der Waals surface area (Å²) in [5.41, 5.74) is 7.43. The quantitative estimate of drug-likeness (QED) is 0.589. The van der Waals surface area contributed by atoms with Crippen LogP contribution in [0.1, 0.15) is 19.7 Å². The lowest BCUT2D eigenvalue weighted by molar-refractivity contribution is 0.292. The summed E-state index contributed by atoms with van der Waals surface area (Å²) in [5, 5.41) is 10.3. The van der Waals surface area contributed by atoms with E-state index in [0.717, 1.165) is 22.7 Å². The fraction of sp³-hybridized carbons (Fsp3) is 0.412. The first kappa shape index (κ1) is 18.6. The van der Waals surface area contributed by atoms with Crippen LogP contribution in [0.5, 0.6) is 0 Å². The van der Waals surface area contributed by atoms with E-state index in [1.165, 1.54) is 0 Å². The molecule has 0 atom stereocenters. The van der Waals surface area contributed by atoms with Crippen molar-refractivity contribution >= 4 is 37.8 Å². The molecule has 4 N–H and O–H groups in total. The number of aliphatic hydroxyl groups excluding tert-OH is 1. The molecule has 140 valence electrons. The van der Waals surface area contributed by atoms with Crippen LogP contribution in [-0.2, 0) is 23.0 Å². The third-order valence-corrected chi connectivity index (χ3v) is 4.96. The first-order valence-electron chi connectivity index (χ1n) is 8.24. The minimum absolute atomic E-state index is 0.0749. The number of hydrogen-bond acceptors (Lipinski definition) is 6. The lowest BCUT2D eigenvalue weighted by atomic mass is 10.1. The number of para-hydroxylation sites is 1. The van der Waals surface area contributed by atoms with E-state index < -0.39 is 15.6 Å². The standard InChI is InChI=1S/C17H23N5O3S/c1-17(2,21-26(3,24)25)10-22-13(8-9-23)20-14-15(22)11-6-4-5-7-12(11)19-16(14)18/h4-7,21,23H,8-10H2,1-3H3,(H2,18,19). The van der Waals surface area contributed by atoms with Crippen LogP contribution in [0.25, 0.3) is 21.9 Å². The fourth-order valence-corrected chi connectivity index (χ4v) is 4.36. The Labute approximate surface area is 152 Å². The van der Waals surface area contributed by atoms with Crippen LogP contribution in [0.3, 0.4) is 0 Å². The summed E-state index contributed by atoms with van der Waals surface area (Å²) in [6, 6.07) is 7.59. The summed E-state index contributed by atoms with van der Waals surface area (Å²) in [6.45, 7) is 3.86. The number of anilines is 1. The van der Waals surface area contributed by atoms with Crippen molar-refractivity contribution in [3.05, 3.63) is 30.1 Å². The molecule has 0 unspecified atom stereocenters. The summed E-state index contributed by atoms with van der Waals surface area (Å²) < 4.78 is 28.0. The Morgan fingerprint density at radius 2 is 1.96 bits per heavy atom. The molecule has 1 aromatic carbocycles. The molecule has 0 spiro atoms. The molecule has 8 nitrogen and oxygen atoms in total. The van der Waals surface area contributed by atoms with Crippen LogP contribution < -0.4 is 10.5 Å². The molecular formula is C17H23N5O3S. The molecular weight excluding hydrogens is 354 g/mol. The van der Waals surface area contributed by atoms with Crippen molar-refractivity contribution < 1.29 is 13.5 Å². The zero-order chi connectivity index (χ0) is 19.1. The van der Waals surface area contributed by atoms with Crippen molar-refractivity contribution in [1.29, 1.82) is 0 Å². The van der Waals surface area contributed by atoms with Crippen LogP contribution in [0, 0.1) is 0 Å². The summed E-state index contributed by atoms with van der Waals surface area (Å²) in [4.78, 5) is 8.97. The van der Waals surface area contributed by atoms with E-state index in [2.05, 4.69) is 14.7 Å². The molecule has 0 saturated heterocycles. The molecule has 0 saturated carbocycles. The van der Waals surface area contributed by atoms with Gasteiger partial charge in [0.1, 0.15) is 11.3 Å². The van der Waals surface area contributed by atoms with Crippen LogP contribution in [0.15, 0.2) is 24.3 Å². The van der Waals surface area contributed by atoms with Gasteiger partial charge in [-0.1, -0.05) is 18.2 Å². The van der Waals surface area contributed by atoms with E-state index in [1.807, 2.05) is 28.8 Å². The van der Waals surface area contributed by atoms with E-state index in [-0.39, 0.29) is 6.61 Å². The highest BCUT2D eigenvalue weighted by molar-refractivity contribution is 7.88. The maximum Gasteiger partial charge on any atom is 0.209 e. The molecule has 0 aliphatic carbocycles. The second-order valence-corrected chi connectivity index (χ2v) is 8.81. The number of nitrogens with zero attached hydrogens (tertiary/aromatic N) is 3. The summed E-state index contributed by atoms with van der Waals surface area (Å²) >= 11 is 0. The molecule has 0 bridgehead atoms. The van der Waals surface area contributed by atoms with Crippen LogP contribution in [-0.4, -0.2) is 46.5 Å². The lowest BCUT2D eigenvalue weighted by Crippen LogP contribution is -2.46. The molecule has 0 amide bonds. The SMILES string of the molecule is CC(C)(Cn1c(CCO)nc2c(N)nc3ccccc3c21)NS(C)(=O)=O. The number of imidazole rings is 1. The number of aliphatic hydroxyl groups is 1. The predicted molar refractivity (Wildman–Crippen MR) is 102 cm³/mol. The van der Waals surface area contributed by atoms with Crippen LogP contribution in [0.4, 0.5) is 5.82 Å². The van der Waals surface area contributed by atoms with Crippen molar-refractivity contribution in [3.8, 4) is 0 Å². The number of benzene rings is 1. The van der Waals surface area contributed by atoms with E-state index in [9.17, 15) is 13.5 Å². The number of rotatable bonds is 6. The van der Waals surface area contributed by atoms with Gasteiger partial charge in [0.15, 0.2) is 5.82 Å². The average Bonchev–Trinajstić information content (AvgIpc) is 2.84. The highest BCUT2D eigenvalue weighted by Gasteiger charge is 2.26. The third-order valence-electron chi connectivity index (χ3n) is 4.04. The van der Waals surface area contributed by atoms with Crippen molar-refractivity contribution in [3.63, 3.8) is 0 Å². The number of aromatic nitrogens is 3. The van der Waals surface area contributed by atoms with Gasteiger partial charge in [0.25, 0.3) is 0 Å². The molecule has 0 radical (unpaired) electrons. The van der Waals surface area contributed by atoms with Gasteiger partial charge in [-0.2, -0.15) is 0 Å². The molecule has 26 heavy (non-hydrogen) atoms. The minimum Gasteiger partial charge on any atom is -0.396 e. The van der Waals surface area contributed by atoms with Gasteiger partial charge < -0.3 is 15.4 Å². The number of fused-ring (bicyclic) bond motifs is 3. The Kier molecular flexibility index (Phi) is 4.63. The molecule has 3 aromatic rings. The lowest BCUT2D eigenvalue weighted by Gasteiger charge is -2.27. The average molecular weight is 377 g/mol.